The van der Waals surface area contributed by atoms with Crippen molar-refractivity contribution in [1.29, 1.82) is 0 Å². The third kappa shape index (κ3) is 63.0. The van der Waals surface area contributed by atoms with Gasteiger partial charge < -0.3 is 49.2 Å². The molecule has 40 heteroatoms. The first-order valence-electron chi connectivity index (χ1n) is 35.6. The van der Waals surface area contributed by atoms with Crippen molar-refractivity contribution < 1.29 is 102 Å². The van der Waals surface area contributed by atoms with Crippen LogP contribution >= 0.6 is 87.9 Å². The van der Waals surface area contributed by atoms with Gasteiger partial charge in [0.1, 0.15) is 22.4 Å². The Morgan fingerprint density at radius 3 is 0.991 bits per heavy atom. The van der Waals surface area contributed by atoms with E-state index in [0.717, 1.165) is 58.5 Å². The molecule has 0 saturated heterocycles. The topological polar surface area (TPSA) is 383 Å². The van der Waals surface area contributed by atoms with E-state index in [2.05, 4.69) is 57.9 Å². The number of thiol groups is 2. The molecule has 0 aliphatic rings. The molecule has 0 bridgehead atoms. The number of hydrogen-bond acceptors (Lipinski definition) is 26. The molecule has 0 unspecified atom stereocenters. The van der Waals surface area contributed by atoms with Gasteiger partial charge in [-0.2, -0.15) is 12.6 Å². The number of nitrogens with zero attached hydrogens (tertiary/aromatic N) is 4. The highest BCUT2D eigenvalue weighted by Crippen LogP contribution is 2.29. The molecule has 0 atom stereocenters. The molecule has 3 aromatic carbocycles. The number of halogens is 4. The Bertz CT molecular complexity index is 3690. The zero-order valence-corrected chi connectivity index (χ0v) is 83.1. The van der Waals surface area contributed by atoms with Crippen LogP contribution in [0.25, 0.3) is 0 Å². The van der Waals surface area contributed by atoms with Crippen LogP contribution in [-0.2, 0) is 72.2 Å². The predicted molar refractivity (Wildman–Crippen MR) is 489 cm³/mol. The molecule has 116 heavy (non-hydrogen) atoms. The number of amides is 2. The quantitative estimate of drug-likeness (QED) is 0.00418. The average Bonchev–Trinajstić information content (AvgIpc) is 0.788. The predicted octanol–water partition coefficient (Wildman–Crippen LogP) is 14.0. The van der Waals surface area contributed by atoms with Gasteiger partial charge in [0, 0.05) is 115 Å². The maximum atomic E-state index is 13.3. The zero-order valence-electron chi connectivity index (χ0n) is 73.3. The van der Waals surface area contributed by atoms with Crippen molar-refractivity contribution in [2.45, 2.75) is 203 Å². The number of hydrogen-bond donors (Lipinski definition) is 7. The fraction of sp³-hybridized carbons (Fsp3) is 0.658. The van der Waals surface area contributed by atoms with Crippen LogP contribution in [0.4, 0.5) is 19.2 Å². The molecule has 5 N–H and O–H groups in total. The standard InChI is InChI=1S/C24H36N2O5S2.C16H32N2O4S.C11H16O2S.C10H18O5.C8H18N2OS.C4H6Cl2.C2H4OS.CH3ClO2S.BH3.BrH.H2O2/c1-16-9-18(3)23(19(4)10-16)32(28,29)25(7)13-22(15-27)14-26(8)33(30,31)24-20(5)11-17(2)12-21(24)6;1-15(2,3)21-13(19)17(7)9-12(11-23)10-18(8)14(20)22-16(4,5)6;1-5-14(12,13)11-9(3)6-8(2)7-10(11)4;1-9(2,3)14-7(11)13-8(12)15-10(4,5)6;1-7(11)12-6-8(4-9-2)5-10-3;1-4(2-5)3-6;1-2(3)4;1-5(2,3)4;;;1-2/h9-12,22,27H,13-15H2,1-8H3;12,23H,9-11H2,1-8H3;6-7H,5H2,1-4H3;1-6H3;8-10H,4-6H2,1-3H3;1-3H2;1H3,(H,3,4);1H3;1H3;1H;1-2H. The molecule has 0 fully saturated rings. The molecule has 2 amide bonds. The summed E-state index contributed by atoms with van der Waals surface area (Å²) in [5.74, 6) is 2.52. The number of aliphatic hydroxyl groups excluding tert-OH is 1. The maximum absolute atomic E-state index is 13.3. The minimum atomic E-state index is -3.81. The summed E-state index contributed by atoms with van der Waals surface area (Å²) in [7, 11) is 0.748. The van der Waals surface area contributed by atoms with Gasteiger partial charge in [-0.1, -0.05) is 78.4 Å². The summed E-state index contributed by atoms with van der Waals surface area (Å²) < 4.78 is 122. The number of thioether (sulfide) groups is 1. The van der Waals surface area contributed by atoms with E-state index in [0.29, 0.717) is 63.7 Å². The number of sulfone groups is 1. The van der Waals surface area contributed by atoms with Crippen LogP contribution in [0.5, 0.6) is 0 Å². The molecule has 28 nitrogen and oxygen atoms in total. The van der Waals surface area contributed by atoms with Gasteiger partial charge in [0.2, 0.25) is 29.1 Å². The van der Waals surface area contributed by atoms with Crippen molar-refractivity contribution in [1.82, 2.24) is 29.0 Å². The Kier molecular flexibility index (Phi) is 67.4. The Labute approximate surface area is 738 Å². The highest BCUT2D eigenvalue weighted by atomic mass is 79.9. The molecule has 0 aromatic heterocycles. The number of rotatable bonds is 24. The van der Waals surface area contributed by atoms with Gasteiger partial charge >= 0.3 is 24.5 Å². The van der Waals surface area contributed by atoms with Crippen LogP contribution in [0.2, 0.25) is 0 Å². The number of nitrogens with one attached hydrogen (secondary N) is 2. The summed E-state index contributed by atoms with van der Waals surface area (Å²) in [5, 5.41) is 28.2. The molecule has 0 spiro atoms. The first-order chi connectivity index (χ1) is 51.5. The van der Waals surface area contributed by atoms with E-state index in [1.165, 1.54) is 51.2 Å². The van der Waals surface area contributed by atoms with Crippen molar-refractivity contribution in [3.63, 3.8) is 0 Å². The van der Waals surface area contributed by atoms with Crippen molar-refractivity contribution >= 4 is 170 Å². The van der Waals surface area contributed by atoms with Gasteiger partial charge in [-0.05, 0) is 223 Å². The second-order valence-corrected chi connectivity index (χ2v) is 42.5. The number of carbonyl (C=O) groups excluding carboxylic acids is 6. The van der Waals surface area contributed by atoms with Gasteiger partial charge in [-0.25, -0.2) is 61.5 Å². The van der Waals surface area contributed by atoms with E-state index in [1.54, 1.807) is 97.2 Å². The number of ether oxygens (including phenoxy) is 5. The van der Waals surface area contributed by atoms with E-state index in [9.17, 15) is 67.5 Å². The summed E-state index contributed by atoms with van der Waals surface area (Å²) in [6.45, 7) is 48.2. The number of aliphatic hydroxyl groups is 1. The van der Waals surface area contributed by atoms with E-state index in [1.807, 2.05) is 127 Å². The molecule has 678 valence electrons. The van der Waals surface area contributed by atoms with E-state index < -0.39 is 79.6 Å². The number of allylic oxidation sites excluding steroid dienone is 1. The minimum absolute atomic E-state index is 0. The molecule has 3 aromatic rings. The van der Waals surface area contributed by atoms with Crippen molar-refractivity contribution in [3.8, 4) is 0 Å². The number of sulfonamides is 2. The molecule has 3 rings (SSSR count). The first-order valence-corrected chi connectivity index (χ1v) is 46.0. The van der Waals surface area contributed by atoms with Gasteiger partial charge in [0.15, 0.2) is 20.1 Å². The summed E-state index contributed by atoms with van der Waals surface area (Å²) in [6, 6.07) is 11.1. The average molecular weight is 1910 g/mol. The Morgan fingerprint density at radius 1 is 0.534 bits per heavy atom. The van der Waals surface area contributed by atoms with Gasteiger partial charge in [-0.3, -0.25) is 20.1 Å². The molecule has 0 aliphatic carbocycles. The highest BCUT2D eigenvalue weighted by molar-refractivity contribution is 8.93. The minimum Gasteiger partial charge on any atom is -0.444 e. The van der Waals surface area contributed by atoms with Crippen LogP contribution < -0.4 is 10.6 Å². The van der Waals surface area contributed by atoms with Crippen LogP contribution in [0, 0.1) is 80.1 Å². The summed E-state index contributed by atoms with van der Waals surface area (Å²) >= 11 is 19.6. The fourth-order valence-corrected chi connectivity index (χ4v) is 15.7. The van der Waals surface area contributed by atoms with E-state index >= 15 is 0 Å². The largest absolute Gasteiger partial charge is 0.519 e. The van der Waals surface area contributed by atoms with Crippen LogP contribution in [0.3, 0.4) is 0 Å². The summed E-state index contributed by atoms with van der Waals surface area (Å²) in [4.78, 5) is 70.0. The van der Waals surface area contributed by atoms with Crippen LogP contribution in [0.15, 0.2) is 63.2 Å². The van der Waals surface area contributed by atoms with Crippen LogP contribution in [0.1, 0.15) is 154 Å². The molecule has 0 heterocycles. The molecular formula is C76H139BBrCl3N6O22S7. The molecular weight excluding hydrogens is 1770 g/mol. The van der Waals surface area contributed by atoms with Gasteiger partial charge in [0.05, 0.1) is 35.1 Å². The van der Waals surface area contributed by atoms with E-state index in [4.69, 9.17) is 52.7 Å². The summed E-state index contributed by atoms with van der Waals surface area (Å²) in [6.07, 6.45) is -1.96. The smallest absolute Gasteiger partial charge is 0.444 e. The van der Waals surface area contributed by atoms with Crippen LogP contribution in [-0.4, -0.2) is 257 Å². The Balaban J connectivity index is -0.000000206. The summed E-state index contributed by atoms with van der Waals surface area (Å²) in [5.41, 5.74) is 5.82. The number of carbonyl (C=O) groups is 6. The second-order valence-electron chi connectivity index (χ2n) is 30.5. The first kappa shape index (κ1) is 128. The monoisotopic (exact) mass is 1910 g/mol. The maximum Gasteiger partial charge on any atom is 0.519 e. The third-order valence-electron chi connectivity index (χ3n) is 13.7. The fourth-order valence-electron chi connectivity index (χ4n) is 9.78. The molecule has 0 radical (unpaired) electrons. The lowest BCUT2D eigenvalue weighted by atomic mass is 10.1. The normalized spacial score (nSPS) is 11.3. The van der Waals surface area contributed by atoms with Gasteiger partial charge in [0.25, 0.3) is 0 Å². The SMILES string of the molecule is B.Br.C=C(CCl)CCl.CC(=O)S.CC(C)(C)OC(=O)OC(=O)OC(C)(C)C.CCS(=O)(=O)c1c(C)cc(C)cc1C.CN(CC(CS)CN(C)C(=O)OC(C)(C)C)C(=O)OC(C)(C)C.CNCC(CNC)CSC(C)=O.CS(=O)(=O)Cl.Cc1cc(C)c(S(=O)(=O)N(C)CC(CO)CN(C)S(=O)(=O)c2c(C)cc(C)cc2C)c(C)c1.OO. The number of benzene rings is 3. The lowest BCUT2D eigenvalue weighted by Gasteiger charge is -2.30. The Morgan fingerprint density at radius 2 is 0.793 bits per heavy atom. The van der Waals surface area contributed by atoms with E-state index in [-0.39, 0.29) is 89.0 Å². The lowest BCUT2D eigenvalue weighted by molar-refractivity contribution is -0.176. The van der Waals surface area contributed by atoms with Gasteiger partial charge in [-0.15, -0.1) is 52.8 Å². The van der Waals surface area contributed by atoms with Crippen molar-refractivity contribution in [3.05, 3.63) is 98.6 Å². The second kappa shape index (κ2) is 61.3. The lowest BCUT2D eigenvalue weighted by Crippen LogP contribution is -2.42. The number of aryl methyl sites for hydroxylation is 9. The zero-order chi connectivity index (χ0) is 91.4. The third-order valence-corrected chi connectivity index (χ3v) is 22.3. The Hall–Kier alpha value is -4.00. The van der Waals surface area contributed by atoms with Crippen molar-refractivity contribution in [2.75, 3.05) is 123 Å². The molecule has 0 aliphatic heterocycles. The number of alkyl halides is 2. The van der Waals surface area contributed by atoms with Crippen molar-refractivity contribution in [2.24, 2.45) is 17.8 Å². The molecule has 0 saturated carbocycles. The highest BCUT2D eigenvalue weighted by Gasteiger charge is 2.32.